The molecule has 0 heterocycles. The molecule has 1 fully saturated rings. The SMILES string of the molecule is Fc1cc(C(F)(F)F)ccc1NC1(CCl)CCC1. The summed E-state index contributed by atoms with van der Waals surface area (Å²) in [5, 5.41) is 2.91. The summed E-state index contributed by atoms with van der Waals surface area (Å²) in [6.45, 7) is 0. The molecule has 18 heavy (non-hydrogen) atoms. The lowest BCUT2D eigenvalue weighted by Crippen LogP contribution is -2.47. The van der Waals surface area contributed by atoms with Gasteiger partial charge in [0, 0.05) is 5.88 Å². The van der Waals surface area contributed by atoms with E-state index in [0.29, 0.717) is 11.9 Å². The van der Waals surface area contributed by atoms with Crippen molar-refractivity contribution in [3.63, 3.8) is 0 Å². The zero-order chi connectivity index (χ0) is 13.4. The van der Waals surface area contributed by atoms with Gasteiger partial charge in [-0.05, 0) is 37.5 Å². The van der Waals surface area contributed by atoms with Crippen LogP contribution in [0.5, 0.6) is 0 Å². The van der Waals surface area contributed by atoms with Crippen molar-refractivity contribution < 1.29 is 17.6 Å². The van der Waals surface area contributed by atoms with Crippen LogP contribution in [0.4, 0.5) is 23.2 Å². The van der Waals surface area contributed by atoms with Crippen molar-refractivity contribution in [1.29, 1.82) is 0 Å². The van der Waals surface area contributed by atoms with Crippen LogP contribution in [0.1, 0.15) is 24.8 Å². The topological polar surface area (TPSA) is 12.0 Å². The molecule has 0 amide bonds. The summed E-state index contributed by atoms with van der Waals surface area (Å²) in [5.41, 5.74) is -1.29. The van der Waals surface area contributed by atoms with Gasteiger partial charge in [-0.25, -0.2) is 4.39 Å². The predicted molar refractivity (Wildman–Crippen MR) is 62.3 cm³/mol. The standard InChI is InChI=1S/C12H12ClF4N/c13-7-11(4-1-5-11)18-10-3-2-8(6-9(10)14)12(15,16)17/h2-3,6,18H,1,4-5,7H2. The average molecular weight is 282 g/mol. The molecule has 2 rings (SSSR count). The fourth-order valence-corrected chi connectivity index (χ4v) is 2.31. The van der Waals surface area contributed by atoms with Crippen LogP contribution in [0.2, 0.25) is 0 Å². The smallest absolute Gasteiger partial charge is 0.376 e. The van der Waals surface area contributed by atoms with Crippen LogP contribution in [-0.4, -0.2) is 11.4 Å². The Morgan fingerprint density at radius 2 is 1.94 bits per heavy atom. The maximum absolute atomic E-state index is 13.6. The summed E-state index contributed by atoms with van der Waals surface area (Å²) in [7, 11) is 0. The zero-order valence-electron chi connectivity index (χ0n) is 9.45. The van der Waals surface area contributed by atoms with Gasteiger partial charge in [0.1, 0.15) is 5.82 Å². The summed E-state index contributed by atoms with van der Waals surface area (Å²) >= 11 is 5.80. The Bertz CT molecular complexity index is 435. The third-order valence-electron chi connectivity index (χ3n) is 3.26. The van der Waals surface area contributed by atoms with E-state index in [2.05, 4.69) is 5.32 Å². The number of hydrogen-bond donors (Lipinski definition) is 1. The number of halogens is 5. The first-order chi connectivity index (χ1) is 8.36. The van der Waals surface area contributed by atoms with Crippen LogP contribution < -0.4 is 5.32 Å². The molecule has 0 spiro atoms. The summed E-state index contributed by atoms with van der Waals surface area (Å²) in [6, 6.07) is 2.49. The van der Waals surface area contributed by atoms with Crippen molar-refractivity contribution in [1.82, 2.24) is 0 Å². The lowest BCUT2D eigenvalue weighted by Gasteiger charge is -2.42. The lowest BCUT2D eigenvalue weighted by molar-refractivity contribution is -0.137. The Hall–Kier alpha value is -0.970. The molecule has 1 aliphatic rings. The van der Waals surface area contributed by atoms with E-state index >= 15 is 0 Å². The summed E-state index contributed by atoms with van der Waals surface area (Å²) in [5.74, 6) is -0.589. The van der Waals surface area contributed by atoms with Gasteiger partial charge in [-0.3, -0.25) is 0 Å². The molecule has 1 N–H and O–H groups in total. The third-order valence-corrected chi connectivity index (χ3v) is 3.77. The number of nitrogens with one attached hydrogen (secondary N) is 1. The minimum absolute atomic E-state index is 0.0725. The van der Waals surface area contributed by atoms with Gasteiger partial charge >= 0.3 is 6.18 Å². The van der Waals surface area contributed by atoms with Crippen molar-refractivity contribution in [2.45, 2.75) is 31.0 Å². The van der Waals surface area contributed by atoms with Gasteiger partial charge in [0.2, 0.25) is 0 Å². The van der Waals surface area contributed by atoms with Gasteiger partial charge in [0.25, 0.3) is 0 Å². The Morgan fingerprint density at radius 3 is 2.33 bits per heavy atom. The van der Waals surface area contributed by atoms with Crippen molar-refractivity contribution in [3.05, 3.63) is 29.6 Å². The normalized spacial score (nSPS) is 18.3. The van der Waals surface area contributed by atoms with E-state index in [-0.39, 0.29) is 11.2 Å². The molecule has 0 aromatic heterocycles. The Balaban J connectivity index is 2.20. The number of rotatable bonds is 3. The van der Waals surface area contributed by atoms with E-state index in [1.54, 1.807) is 0 Å². The summed E-state index contributed by atoms with van der Waals surface area (Å²) in [4.78, 5) is 0. The van der Waals surface area contributed by atoms with Gasteiger partial charge in [0.05, 0.1) is 16.8 Å². The van der Waals surface area contributed by atoms with E-state index in [4.69, 9.17) is 11.6 Å². The molecule has 0 aliphatic heterocycles. The first-order valence-corrected chi connectivity index (χ1v) is 6.11. The van der Waals surface area contributed by atoms with Gasteiger partial charge in [-0.1, -0.05) is 0 Å². The second kappa shape index (κ2) is 4.61. The highest BCUT2D eigenvalue weighted by Gasteiger charge is 2.37. The molecule has 0 atom stereocenters. The molecular formula is C12H12ClF4N. The number of benzene rings is 1. The molecule has 0 radical (unpaired) electrons. The molecule has 1 aliphatic carbocycles. The first-order valence-electron chi connectivity index (χ1n) is 5.57. The monoisotopic (exact) mass is 281 g/mol. The Labute approximate surface area is 107 Å². The number of alkyl halides is 4. The molecule has 0 unspecified atom stereocenters. The second-order valence-corrected chi connectivity index (χ2v) is 4.85. The van der Waals surface area contributed by atoms with Crippen LogP contribution in [0, 0.1) is 5.82 Å². The summed E-state index contributed by atoms with van der Waals surface area (Å²) < 4.78 is 50.7. The second-order valence-electron chi connectivity index (χ2n) is 4.58. The van der Waals surface area contributed by atoms with Gasteiger partial charge in [0.15, 0.2) is 0 Å². The van der Waals surface area contributed by atoms with Gasteiger partial charge in [-0.15, -0.1) is 11.6 Å². The van der Waals surface area contributed by atoms with E-state index in [9.17, 15) is 17.6 Å². The fourth-order valence-electron chi connectivity index (χ4n) is 1.97. The molecule has 1 saturated carbocycles. The van der Waals surface area contributed by atoms with E-state index in [1.165, 1.54) is 0 Å². The molecule has 6 heteroatoms. The Morgan fingerprint density at radius 1 is 1.28 bits per heavy atom. The van der Waals surface area contributed by atoms with Crippen LogP contribution in [-0.2, 0) is 6.18 Å². The highest BCUT2D eigenvalue weighted by molar-refractivity contribution is 6.19. The summed E-state index contributed by atoms with van der Waals surface area (Å²) in [6.07, 6.45) is -1.93. The lowest BCUT2D eigenvalue weighted by atomic mass is 9.78. The molecular weight excluding hydrogens is 270 g/mol. The van der Waals surface area contributed by atoms with E-state index in [0.717, 1.165) is 31.4 Å². The quantitative estimate of drug-likeness (QED) is 0.639. The van der Waals surface area contributed by atoms with Crippen LogP contribution in [0.15, 0.2) is 18.2 Å². The minimum Gasteiger partial charge on any atom is -0.376 e. The highest BCUT2D eigenvalue weighted by atomic mass is 35.5. The Kier molecular flexibility index (Phi) is 3.45. The van der Waals surface area contributed by atoms with Crippen LogP contribution in [0.3, 0.4) is 0 Å². The average Bonchev–Trinajstić information content (AvgIpc) is 2.24. The predicted octanol–water partition coefficient (Wildman–Crippen LogP) is 4.42. The van der Waals surface area contributed by atoms with Crippen LogP contribution in [0.25, 0.3) is 0 Å². The van der Waals surface area contributed by atoms with E-state index in [1.807, 2.05) is 0 Å². The molecule has 1 aromatic rings. The highest BCUT2D eigenvalue weighted by Crippen LogP contribution is 2.38. The molecule has 1 nitrogen and oxygen atoms in total. The first kappa shape index (κ1) is 13.5. The molecule has 0 bridgehead atoms. The van der Waals surface area contributed by atoms with E-state index < -0.39 is 17.6 Å². The number of anilines is 1. The van der Waals surface area contributed by atoms with Gasteiger partial charge in [-0.2, -0.15) is 13.2 Å². The third kappa shape index (κ3) is 2.55. The van der Waals surface area contributed by atoms with Crippen molar-refractivity contribution in [3.8, 4) is 0 Å². The van der Waals surface area contributed by atoms with Crippen molar-refractivity contribution in [2.75, 3.05) is 11.2 Å². The largest absolute Gasteiger partial charge is 0.416 e. The number of hydrogen-bond acceptors (Lipinski definition) is 1. The van der Waals surface area contributed by atoms with Crippen molar-refractivity contribution >= 4 is 17.3 Å². The van der Waals surface area contributed by atoms with Crippen LogP contribution >= 0.6 is 11.6 Å². The minimum atomic E-state index is -4.53. The molecule has 1 aromatic carbocycles. The molecule has 100 valence electrons. The maximum Gasteiger partial charge on any atom is 0.416 e. The maximum atomic E-state index is 13.6. The van der Waals surface area contributed by atoms with Gasteiger partial charge < -0.3 is 5.32 Å². The van der Waals surface area contributed by atoms with Crippen molar-refractivity contribution in [2.24, 2.45) is 0 Å². The zero-order valence-corrected chi connectivity index (χ0v) is 10.2. The molecule has 0 saturated heterocycles. The fraction of sp³-hybridized carbons (Fsp3) is 0.500.